The van der Waals surface area contributed by atoms with Crippen LogP contribution in [0.5, 0.6) is 0 Å². The van der Waals surface area contributed by atoms with E-state index < -0.39 is 0 Å². The lowest BCUT2D eigenvalue weighted by molar-refractivity contribution is -0.131. The van der Waals surface area contributed by atoms with Gasteiger partial charge in [-0.3, -0.25) is 4.79 Å². The van der Waals surface area contributed by atoms with Gasteiger partial charge in [-0.25, -0.2) is 0 Å². The molecular weight excluding hydrogens is 366 g/mol. The van der Waals surface area contributed by atoms with Crippen molar-refractivity contribution < 1.29 is 9.21 Å². The number of carbonyl (C=O) groups excluding carboxylic acids is 1. The molecule has 1 saturated heterocycles. The van der Waals surface area contributed by atoms with Crippen molar-refractivity contribution in [2.24, 2.45) is 5.92 Å². The van der Waals surface area contributed by atoms with E-state index in [0.29, 0.717) is 22.9 Å². The summed E-state index contributed by atoms with van der Waals surface area (Å²) in [5, 5.41) is 8.82. The molecule has 2 atom stereocenters. The minimum atomic E-state index is 0.169. The summed E-state index contributed by atoms with van der Waals surface area (Å²) in [6.07, 6.45) is 6.98. The highest BCUT2D eigenvalue weighted by molar-refractivity contribution is 7.99. The molecule has 1 aliphatic carbocycles. The third kappa shape index (κ3) is 3.83. The van der Waals surface area contributed by atoms with Crippen LogP contribution in [0.4, 0.5) is 0 Å². The molecule has 3 heterocycles. The predicted molar refractivity (Wildman–Crippen MR) is 105 cm³/mol. The van der Waals surface area contributed by atoms with E-state index in [1.807, 2.05) is 4.90 Å². The number of thioether (sulfide) groups is 1. The lowest BCUT2D eigenvalue weighted by Crippen LogP contribution is -2.42. The number of nitrogens with zero attached hydrogens (tertiary/aromatic N) is 3. The number of fused-ring (bicyclic) bond motifs is 1. The Morgan fingerprint density at radius 2 is 2.23 bits per heavy atom. The number of aromatic nitrogens is 2. The number of likely N-dealkylation sites (tertiary alicyclic amines) is 1. The van der Waals surface area contributed by atoms with Gasteiger partial charge >= 0.3 is 0 Å². The van der Waals surface area contributed by atoms with Crippen molar-refractivity contribution in [1.82, 2.24) is 15.1 Å². The van der Waals surface area contributed by atoms with Crippen LogP contribution in [-0.4, -0.2) is 39.3 Å². The molecule has 0 aromatic carbocycles. The zero-order valence-electron chi connectivity index (χ0n) is 15.4. The van der Waals surface area contributed by atoms with Crippen molar-refractivity contribution in [2.45, 2.75) is 63.6 Å². The van der Waals surface area contributed by atoms with E-state index in [9.17, 15) is 4.79 Å². The quantitative estimate of drug-likeness (QED) is 0.722. The second kappa shape index (κ2) is 7.72. The summed E-state index contributed by atoms with van der Waals surface area (Å²) in [5.74, 6) is 1.87. The number of rotatable bonds is 4. The molecule has 2 aromatic rings. The molecule has 5 nitrogen and oxygen atoms in total. The lowest BCUT2D eigenvalue weighted by atomic mass is 9.90. The highest BCUT2D eigenvalue weighted by atomic mass is 32.2. The van der Waals surface area contributed by atoms with E-state index in [-0.39, 0.29) is 5.91 Å². The van der Waals surface area contributed by atoms with Gasteiger partial charge in [-0.15, -0.1) is 21.5 Å². The Hall–Kier alpha value is -1.34. The number of thiophene rings is 1. The van der Waals surface area contributed by atoms with Crippen LogP contribution in [0.25, 0.3) is 10.8 Å². The summed E-state index contributed by atoms with van der Waals surface area (Å²) in [6, 6.07) is 2.55. The van der Waals surface area contributed by atoms with Gasteiger partial charge < -0.3 is 9.32 Å². The van der Waals surface area contributed by atoms with Crippen molar-refractivity contribution in [3.63, 3.8) is 0 Å². The number of piperidine rings is 1. The second-order valence-electron chi connectivity index (χ2n) is 7.50. The molecule has 0 bridgehead atoms. The van der Waals surface area contributed by atoms with Crippen LogP contribution >= 0.6 is 23.1 Å². The average Bonchev–Trinajstić information content (AvgIpc) is 3.26. The van der Waals surface area contributed by atoms with Crippen LogP contribution in [0.1, 0.15) is 50.0 Å². The Balaban J connectivity index is 1.38. The van der Waals surface area contributed by atoms with Gasteiger partial charge in [-0.05, 0) is 63.0 Å². The highest BCUT2D eigenvalue weighted by Crippen LogP contribution is 2.37. The Bertz CT molecular complexity index is 786. The van der Waals surface area contributed by atoms with Gasteiger partial charge in [0.25, 0.3) is 11.1 Å². The minimum absolute atomic E-state index is 0.169. The molecule has 0 radical (unpaired) electrons. The molecule has 1 fully saturated rings. The molecule has 0 N–H and O–H groups in total. The van der Waals surface area contributed by atoms with Crippen LogP contribution in [-0.2, 0) is 17.6 Å². The number of aryl methyl sites for hydroxylation is 1. The van der Waals surface area contributed by atoms with Crippen LogP contribution < -0.4 is 0 Å². The first-order chi connectivity index (χ1) is 12.6. The lowest BCUT2D eigenvalue weighted by Gasteiger charge is -2.33. The molecule has 4 rings (SSSR count). The largest absolute Gasteiger partial charge is 0.410 e. The van der Waals surface area contributed by atoms with Gasteiger partial charge in [0.05, 0.1) is 10.6 Å². The van der Waals surface area contributed by atoms with Gasteiger partial charge in [0.2, 0.25) is 5.91 Å². The first kappa shape index (κ1) is 18.0. The molecular formula is C19H25N3O2S2. The third-order valence-electron chi connectivity index (χ3n) is 5.39. The molecule has 0 spiro atoms. The van der Waals surface area contributed by atoms with Crippen LogP contribution in [0.3, 0.4) is 0 Å². The Labute approximate surface area is 162 Å². The molecule has 1 aliphatic heterocycles. The maximum Gasteiger partial charge on any atom is 0.277 e. The van der Waals surface area contributed by atoms with E-state index in [1.54, 1.807) is 11.3 Å². The summed E-state index contributed by atoms with van der Waals surface area (Å²) in [4.78, 5) is 16.9. The van der Waals surface area contributed by atoms with E-state index in [4.69, 9.17) is 4.42 Å². The third-order valence-corrected chi connectivity index (χ3v) is 7.42. The van der Waals surface area contributed by atoms with Crippen molar-refractivity contribution >= 4 is 29.0 Å². The molecule has 0 unspecified atom stereocenters. The molecule has 140 valence electrons. The molecule has 2 aliphatic rings. The highest BCUT2D eigenvalue weighted by Gasteiger charge is 2.24. The fraction of sp³-hybridized carbons (Fsp3) is 0.632. The molecule has 1 amide bonds. The van der Waals surface area contributed by atoms with E-state index in [2.05, 4.69) is 30.1 Å². The summed E-state index contributed by atoms with van der Waals surface area (Å²) in [5.41, 5.74) is 1.44. The number of hydrogen-bond acceptors (Lipinski definition) is 6. The van der Waals surface area contributed by atoms with Gasteiger partial charge in [0.15, 0.2) is 0 Å². The Morgan fingerprint density at radius 1 is 1.35 bits per heavy atom. The van der Waals surface area contributed by atoms with E-state index in [1.165, 1.54) is 35.0 Å². The number of amides is 1. The standard InChI is InChI=1S/C19H25N3O2S2/c1-12-6-7-15-14(9-12)10-16(26-15)18-20-21-19(24-18)25-11-17(23)22-8-4-3-5-13(22)2/h10,12-13H,3-9,11H2,1-2H3/t12-,13+/m0/s1. The predicted octanol–water partition coefficient (Wildman–Crippen LogP) is 4.42. The summed E-state index contributed by atoms with van der Waals surface area (Å²) < 4.78 is 5.82. The maximum absolute atomic E-state index is 12.4. The first-order valence-corrected chi connectivity index (χ1v) is 11.3. The first-order valence-electron chi connectivity index (χ1n) is 9.48. The maximum atomic E-state index is 12.4. The van der Waals surface area contributed by atoms with Gasteiger partial charge in [-0.2, -0.15) is 0 Å². The van der Waals surface area contributed by atoms with Gasteiger partial charge in [-0.1, -0.05) is 18.7 Å². The zero-order valence-corrected chi connectivity index (χ0v) is 17.0. The van der Waals surface area contributed by atoms with E-state index >= 15 is 0 Å². The van der Waals surface area contributed by atoms with Crippen LogP contribution in [0.2, 0.25) is 0 Å². The number of carbonyl (C=O) groups is 1. The zero-order chi connectivity index (χ0) is 18.1. The van der Waals surface area contributed by atoms with Crippen molar-refractivity contribution in [3.8, 4) is 10.8 Å². The van der Waals surface area contributed by atoms with Crippen LogP contribution in [0.15, 0.2) is 15.7 Å². The normalized spacial score (nSPS) is 23.1. The molecule has 2 aromatic heterocycles. The molecule has 0 saturated carbocycles. The second-order valence-corrected chi connectivity index (χ2v) is 9.56. The summed E-state index contributed by atoms with van der Waals surface area (Å²) in [6.45, 7) is 5.31. The Morgan fingerprint density at radius 3 is 3.08 bits per heavy atom. The Kier molecular flexibility index (Phi) is 5.36. The molecule has 7 heteroatoms. The fourth-order valence-corrected chi connectivity index (χ4v) is 5.63. The fourth-order valence-electron chi connectivity index (χ4n) is 3.85. The number of hydrogen-bond donors (Lipinski definition) is 0. The van der Waals surface area contributed by atoms with Gasteiger partial charge in [0.1, 0.15) is 0 Å². The van der Waals surface area contributed by atoms with Crippen LogP contribution in [0, 0.1) is 5.92 Å². The summed E-state index contributed by atoms with van der Waals surface area (Å²) in [7, 11) is 0. The van der Waals surface area contributed by atoms with Crippen molar-refractivity contribution in [3.05, 3.63) is 16.5 Å². The minimum Gasteiger partial charge on any atom is -0.410 e. The summed E-state index contributed by atoms with van der Waals surface area (Å²) >= 11 is 3.12. The SMILES string of the molecule is C[C@H]1CCc2sc(-c3nnc(SCC(=O)N4CCCC[C@H]4C)o3)cc2C1. The topological polar surface area (TPSA) is 59.2 Å². The van der Waals surface area contributed by atoms with Crippen molar-refractivity contribution in [1.29, 1.82) is 0 Å². The molecule has 26 heavy (non-hydrogen) atoms. The van der Waals surface area contributed by atoms with Crippen molar-refractivity contribution in [2.75, 3.05) is 12.3 Å². The smallest absolute Gasteiger partial charge is 0.277 e. The van der Waals surface area contributed by atoms with E-state index in [0.717, 1.165) is 43.0 Å². The van der Waals surface area contributed by atoms with Gasteiger partial charge in [0, 0.05) is 17.5 Å². The average molecular weight is 392 g/mol. The monoisotopic (exact) mass is 391 g/mol.